The molecule has 7 nitrogen and oxygen atoms in total. The highest BCUT2D eigenvalue weighted by Gasteiger charge is 2.19. The van der Waals surface area contributed by atoms with E-state index in [-0.39, 0.29) is 0 Å². The summed E-state index contributed by atoms with van der Waals surface area (Å²) < 4.78 is 1.59. The lowest BCUT2D eigenvalue weighted by molar-refractivity contribution is 0.819. The molecule has 4 rings (SSSR count). The molecule has 1 aromatic carbocycles. The third kappa shape index (κ3) is 1.75. The molecular formula is C14H11N7. The Labute approximate surface area is 119 Å². The van der Waals surface area contributed by atoms with Crippen LogP contribution in [0.4, 0.5) is 5.82 Å². The van der Waals surface area contributed by atoms with E-state index >= 15 is 0 Å². The largest absolute Gasteiger partial charge is 0.383 e. The van der Waals surface area contributed by atoms with Crippen molar-refractivity contribution < 1.29 is 0 Å². The Morgan fingerprint density at radius 1 is 1.00 bits per heavy atom. The smallest absolute Gasteiger partial charge is 0.252 e. The molecule has 7 heteroatoms. The number of nitrogens with one attached hydrogen (secondary N) is 1. The van der Waals surface area contributed by atoms with Crippen LogP contribution in [0.5, 0.6) is 0 Å². The lowest BCUT2D eigenvalue weighted by Gasteiger charge is -1.98. The molecule has 102 valence electrons. The summed E-state index contributed by atoms with van der Waals surface area (Å²) in [5, 5.41) is 12.4. The second-order valence-electron chi connectivity index (χ2n) is 4.51. The minimum absolute atomic E-state index is 0.455. The second kappa shape index (κ2) is 4.41. The molecule has 4 aromatic rings. The molecule has 0 saturated heterocycles. The summed E-state index contributed by atoms with van der Waals surface area (Å²) >= 11 is 0. The first kappa shape index (κ1) is 11.6. The molecule has 3 heterocycles. The molecule has 3 N–H and O–H groups in total. The first-order valence-corrected chi connectivity index (χ1v) is 6.40. The quantitative estimate of drug-likeness (QED) is 0.582. The molecular weight excluding hydrogens is 266 g/mol. The maximum Gasteiger partial charge on any atom is 0.252 e. The van der Waals surface area contributed by atoms with Crippen molar-refractivity contribution in [1.29, 1.82) is 0 Å². The van der Waals surface area contributed by atoms with Crippen LogP contribution >= 0.6 is 0 Å². The minimum Gasteiger partial charge on any atom is -0.383 e. The van der Waals surface area contributed by atoms with Crippen molar-refractivity contribution in [3.05, 3.63) is 48.8 Å². The Balaban J connectivity index is 2.03. The Kier molecular flexibility index (Phi) is 2.43. The predicted molar refractivity (Wildman–Crippen MR) is 78.7 cm³/mol. The number of aromatic amines is 1. The molecule has 0 atom stereocenters. The molecule has 21 heavy (non-hydrogen) atoms. The molecule has 3 aromatic heterocycles. The Morgan fingerprint density at radius 3 is 2.52 bits per heavy atom. The van der Waals surface area contributed by atoms with Crippen molar-refractivity contribution in [3.8, 4) is 17.2 Å². The van der Waals surface area contributed by atoms with E-state index in [4.69, 9.17) is 5.73 Å². The minimum atomic E-state index is 0.455. The van der Waals surface area contributed by atoms with Crippen LogP contribution < -0.4 is 5.73 Å². The fraction of sp³-hybridized carbons (Fsp3) is 0. The molecule has 0 aliphatic carbocycles. The van der Waals surface area contributed by atoms with Gasteiger partial charge < -0.3 is 5.73 Å². The predicted octanol–water partition coefficient (Wildman–Crippen LogP) is 1.79. The standard InChI is InChI=1S/C14H11N7/c15-12-10-11(9-5-2-1-3-6-9)20-21(13(10)19-18-12)14-16-7-4-8-17-14/h1-8H,(H3,15,18,19). The fourth-order valence-electron chi connectivity index (χ4n) is 2.27. The van der Waals surface area contributed by atoms with E-state index < -0.39 is 0 Å². The lowest BCUT2D eigenvalue weighted by atomic mass is 10.1. The zero-order valence-corrected chi connectivity index (χ0v) is 10.9. The maximum absolute atomic E-state index is 5.99. The molecule has 0 aliphatic heterocycles. The van der Waals surface area contributed by atoms with E-state index in [1.807, 2.05) is 30.3 Å². The van der Waals surface area contributed by atoms with Crippen molar-refractivity contribution in [2.75, 3.05) is 5.73 Å². The average Bonchev–Trinajstić information content (AvgIpc) is 3.10. The summed E-state index contributed by atoms with van der Waals surface area (Å²) in [6, 6.07) is 11.6. The van der Waals surface area contributed by atoms with Gasteiger partial charge in [-0.15, -0.1) is 0 Å². The Hall–Kier alpha value is -3.22. The number of nitrogens with zero attached hydrogens (tertiary/aromatic N) is 5. The van der Waals surface area contributed by atoms with E-state index in [2.05, 4.69) is 25.3 Å². The monoisotopic (exact) mass is 277 g/mol. The highest BCUT2D eigenvalue weighted by atomic mass is 15.4. The van der Waals surface area contributed by atoms with Crippen molar-refractivity contribution in [3.63, 3.8) is 0 Å². The van der Waals surface area contributed by atoms with Gasteiger partial charge in [-0.25, -0.2) is 9.97 Å². The first-order valence-electron chi connectivity index (χ1n) is 6.40. The third-order valence-electron chi connectivity index (χ3n) is 3.20. The van der Waals surface area contributed by atoms with Crippen molar-refractivity contribution in [2.45, 2.75) is 0 Å². The van der Waals surface area contributed by atoms with E-state index in [1.165, 1.54) is 0 Å². The highest BCUT2D eigenvalue weighted by molar-refractivity contribution is 5.99. The topological polar surface area (TPSA) is 98.3 Å². The van der Waals surface area contributed by atoms with Crippen molar-refractivity contribution in [2.24, 2.45) is 0 Å². The van der Waals surface area contributed by atoms with Gasteiger partial charge in [0, 0.05) is 18.0 Å². The summed E-state index contributed by atoms with van der Waals surface area (Å²) in [6.45, 7) is 0. The number of rotatable bonds is 2. The van der Waals surface area contributed by atoms with Gasteiger partial charge in [-0.3, -0.25) is 5.10 Å². The number of benzene rings is 1. The Morgan fingerprint density at radius 2 is 1.76 bits per heavy atom. The van der Waals surface area contributed by atoms with Crippen LogP contribution in [0.25, 0.3) is 28.2 Å². The van der Waals surface area contributed by atoms with Crippen molar-refractivity contribution >= 4 is 16.9 Å². The third-order valence-corrected chi connectivity index (χ3v) is 3.20. The Bertz CT molecular complexity index is 893. The number of fused-ring (bicyclic) bond motifs is 1. The lowest BCUT2D eigenvalue weighted by Crippen LogP contribution is -2.02. The number of nitrogen functional groups attached to an aromatic ring is 1. The maximum atomic E-state index is 5.99. The van der Waals surface area contributed by atoms with Gasteiger partial charge in [0.25, 0.3) is 5.95 Å². The summed E-state index contributed by atoms with van der Waals surface area (Å²) in [7, 11) is 0. The summed E-state index contributed by atoms with van der Waals surface area (Å²) in [5.74, 6) is 0.933. The zero-order chi connectivity index (χ0) is 14.2. The number of aromatic nitrogens is 6. The molecule has 0 bridgehead atoms. The van der Waals surface area contributed by atoms with Gasteiger partial charge in [0.1, 0.15) is 11.5 Å². The van der Waals surface area contributed by atoms with E-state index in [0.29, 0.717) is 17.4 Å². The van der Waals surface area contributed by atoms with Gasteiger partial charge in [-0.05, 0) is 6.07 Å². The van der Waals surface area contributed by atoms with Crippen LogP contribution in [0.3, 0.4) is 0 Å². The number of H-pyrrole nitrogens is 1. The van der Waals surface area contributed by atoms with Gasteiger partial charge in [-0.1, -0.05) is 30.3 Å². The SMILES string of the molecule is Nc1[nH]nc2c1c(-c1ccccc1)nn2-c1ncccn1. The van der Waals surface area contributed by atoms with Crippen LogP contribution in [0, 0.1) is 0 Å². The van der Waals surface area contributed by atoms with Crippen LogP contribution in [0.1, 0.15) is 0 Å². The molecule has 0 saturated carbocycles. The molecule has 0 spiro atoms. The van der Waals surface area contributed by atoms with Crippen LogP contribution in [-0.4, -0.2) is 29.9 Å². The van der Waals surface area contributed by atoms with Crippen LogP contribution in [-0.2, 0) is 0 Å². The van der Waals surface area contributed by atoms with Gasteiger partial charge in [-0.2, -0.15) is 14.9 Å². The fourth-order valence-corrected chi connectivity index (χ4v) is 2.27. The van der Waals surface area contributed by atoms with Gasteiger partial charge in [0.15, 0.2) is 5.65 Å². The molecule has 0 aliphatic rings. The average molecular weight is 277 g/mol. The van der Waals surface area contributed by atoms with Gasteiger partial charge in [0.2, 0.25) is 0 Å². The van der Waals surface area contributed by atoms with Gasteiger partial charge in [0.05, 0.1) is 5.39 Å². The number of hydrogen-bond donors (Lipinski definition) is 2. The summed E-state index contributed by atoms with van der Waals surface area (Å²) in [5.41, 5.74) is 8.32. The normalized spacial score (nSPS) is 11.0. The summed E-state index contributed by atoms with van der Waals surface area (Å²) in [4.78, 5) is 8.42. The zero-order valence-electron chi connectivity index (χ0n) is 10.9. The van der Waals surface area contributed by atoms with Crippen molar-refractivity contribution in [1.82, 2.24) is 29.9 Å². The van der Waals surface area contributed by atoms with E-state index in [1.54, 1.807) is 23.1 Å². The molecule has 0 unspecified atom stereocenters. The number of nitrogens with two attached hydrogens (primary N) is 1. The van der Waals surface area contributed by atoms with E-state index in [9.17, 15) is 0 Å². The molecule has 0 fully saturated rings. The molecule has 0 amide bonds. The van der Waals surface area contributed by atoms with E-state index in [0.717, 1.165) is 16.6 Å². The molecule has 0 radical (unpaired) electrons. The van der Waals surface area contributed by atoms with Gasteiger partial charge >= 0.3 is 0 Å². The van der Waals surface area contributed by atoms with Crippen LogP contribution in [0.2, 0.25) is 0 Å². The second-order valence-corrected chi connectivity index (χ2v) is 4.51. The summed E-state index contributed by atoms with van der Waals surface area (Å²) in [6.07, 6.45) is 3.32. The number of anilines is 1. The van der Waals surface area contributed by atoms with Crippen LogP contribution in [0.15, 0.2) is 48.8 Å². The highest BCUT2D eigenvalue weighted by Crippen LogP contribution is 2.31. The first-order chi connectivity index (χ1) is 10.3. The number of hydrogen-bond acceptors (Lipinski definition) is 5.